The lowest BCUT2D eigenvalue weighted by atomic mass is 10.4. The van der Waals surface area contributed by atoms with Crippen LogP contribution >= 0.6 is 23.1 Å². The average molecular weight is 297 g/mol. The second-order valence-electron chi connectivity index (χ2n) is 4.11. The number of carbonyl (C=O) groups is 1. The quantitative estimate of drug-likeness (QED) is 0.846. The molecule has 0 saturated heterocycles. The summed E-state index contributed by atoms with van der Waals surface area (Å²) < 4.78 is 0. The molecule has 0 saturated carbocycles. The minimum absolute atomic E-state index is 0.0961. The van der Waals surface area contributed by atoms with E-state index in [9.17, 15) is 4.79 Å². The molecule has 1 atom stereocenters. The number of carbonyl (C=O) groups excluding carboxylic acids is 1. The molecule has 0 radical (unpaired) electrons. The molecular weight excluding hydrogens is 282 g/mol. The van der Waals surface area contributed by atoms with Gasteiger partial charge in [-0.1, -0.05) is 11.8 Å². The molecule has 19 heavy (non-hydrogen) atoms. The Hall–Kier alpha value is -1.41. The first-order valence-electron chi connectivity index (χ1n) is 5.76. The molecule has 8 heteroatoms. The Balaban J connectivity index is 1.95. The lowest BCUT2D eigenvalue weighted by Gasteiger charge is -2.07. The second-order valence-corrected chi connectivity index (χ2v) is 6.62. The summed E-state index contributed by atoms with van der Waals surface area (Å²) in [4.78, 5) is 21.6. The number of hydrogen-bond acceptors (Lipinski definition) is 6. The van der Waals surface area contributed by atoms with Crippen molar-refractivity contribution in [2.75, 3.05) is 5.32 Å². The highest BCUT2D eigenvalue weighted by Gasteiger charge is 2.18. The largest absolute Gasteiger partial charge is 0.301 e. The summed E-state index contributed by atoms with van der Waals surface area (Å²) in [5.41, 5.74) is 0.949. The van der Waals surface area contributed by atoms with Crippen molar-refractivity contribution in [2.45, 2.75) is 38.1 Å². The SMILES string of the molecule is Cc1nc(S[C@H](C)C(=O)Nc2nc(C)c(C)s2)n[nH]1. The van der Waals surface area contributed by atoms with Gasteiger partial charge in [0.25, 0.3) is 0 Å². The number of thiazole rings is 1. The van der Waals surface area contributed by atoms with Crippen molar-refractivity contribution >= 4 is 34.1 Å². The van der Waals surface area contributed by atoms with Crippen molar-refractivity contribution in [1.82, 2.24) is 20.2 Å². The fourth-order valence-corrected chi connectivity index (χ4v) is 2.91. The fourth-order valence-electron chi connectivity index (χ4n) is 1.32. The number of rotatable bonds is 4. The summed E-state index contributed by atoms with van der Waals surface area (Å²) in [6, 6.07) is 0. The van der Waals surface area contributed by atoms with Gasteiger partial charge in [-0.05, 0) is 27.7 Å². The molecule has 0 aromatic carbocycles. The van der Waals surface area contributed by atoms with E-state index in [0.29, 0.717) is 10.3 Å². The summed E-state index contributed by atoms with van der Waals surface area (Å²) in [7, 11) is 0. The Morgan fingerprint density at radius 3 is 2.63 bits per heavy atom. The summed E-state index contributed by atoms with van der Waals surface area (Å²) >= 11 is 2.79. The van der Waals surface area contributed by atoms with E-state index < -0.39 is 0 Å². The minimum Gasteiger partial charge on any atom is -0.301 e. The van der Waals surface area contributed by atoms with Crippen LogP contribution in [0.2, 0.25) is 0 Å². The maximum absolute atomic E-state index is 12.0. The fraction of sp³-hybridized carbons (Fsp3) is 0.455. The molecule has 2 aromatic rings. The Bertz CT molecular complexity index is 572. The Kier molecular flexibility index (Phi) is 4.20. The van der Waals surface area contributed by atoms with Gasteiger partial charge in [-0.3, -0.25) is 9.89 Å². The van der Waals surface area contributed by atoms with Crippen molar-refractivity contribution in [3.05, 3.63) is 16.4 Å². The van der Waals surface area contributed by atoms with Crippen molar-refractivity contribution in [3.63, 3.8) is 0 Å². The molecule has 6 nitrogen and oxygen atoms in total. The second kappa shape index (κ2) is 5.70. The molecule has 0 fully saturated rings. The van der Waals surface area contributed by atoms with E-state index in [1.54, 1.807) is 0 Å². The van der Waals surface area contributed by atoms with Gasteiger partial charge in [0.15, 0.2) is 5.13 Å². The first-order valence-corrected chi connectivity index (χ1v) is 7.46. The van der Waals surface area contributed by atoms with Crippen LogP contribution in [0.3, 0.4) is 0 Å². The summed E-state index contributed by atoms with van der Waals surface area (Å²) in [6.07, 6.45) is 0. The number of thioether (sulfide) groups is 1. The molecular formula is C11H15N5OS2. The predicted molar refractivity (Wildman–Crippen MR) is 76.7 cm³/mol. The summed E-state index contributed by atoms with van der Waals surface area (Å²) in [5.74, 6) is 0.641. The molecule has 2 N–H and O–H groups in total. The number of nitrogens with zero attached hydrogens (tertiary/aromatic N) is 3. The molecule has 0 aliphatic heterocycles. The Labute approximate surface area is 119 Å². The molecule has 0 aliphatic rings. The van der Waals surface area contributed by atoms with Gasteiger partial charge in [0.2, 0.25) is 11.1 Å². The van der Waals surface area contributed by atoms with E-state index in [-0.39, 0.29) is 11.2 Å². The molecule has 2 aromatic heterocycles. The minimum atomic E-state index is -0.278. The topological polar surface area (TPSA) is 83.6 Å². The van der Waals surface area contributed by atoms with Gasteiger partial charge >= 0.3 is 0 Å². The normalized spacial score (nSPS) is 12.4. The van der Waals surface area contributed by atoms with Crippen molar-refractivity contribution in [3.8, 4) is 0 Å². The van der Waals surface area contributed by atoms with Crippen LogP contribution < -0.4 is 5.32 Å². The van der Waals surface area contributed by atoms with Gasteiger partial charge in [0.1, 0.15) is 5.82 Å². The predicted octanol–water partition coefficient (Wildman–Crippen LogP) is 2.31. The number of anilines is 1. The third-order valence-corrected chi connectivity index (χ3v) is 4.44. The van der Waals surface area contributed by atoms with E-state index in [1.165, 1.54) is 23.1 Å². The van der Waals surface area contributed by atoms with Gasteiger partial charge in [0.05, 0.1) is 10.9 Å². The van der Waals surface area contributed by atoms with Gasteiger partial charge in [-0.2, -0.15) is 0 Å². The number of aromatic amines is 1. The molecule has 2 heterocycles. The van der Waals surface area contributed by atoms with Crippen LogP contribution in [0.4, 0.5) is 5.13 Å². The van der Waals surface area contributed by atoms with E-state index in [1.807, 2.05) is 27.7 Å². The maximum Gasteiger partial charge on any atom is 0.239 e. The first kappa shape index (κ1) is 14.0. The third-order valence-electron chi connectivity index (χ3n) is 2.49. The summed E-state index contributed by atoms with van der Waals surface area (Å²) in [6.45, 7) is 7.55. The highest BCUT2D eigenvalue weighted by Crippen LogP contribution is 2.24. The zero-order valence-corrected chi connectivity index (χ0v) is 12.8. The third kappa shape index (κ3) is 3.54. The molecule has 1 amide bonds. The maximum atomic E-state index is 12.0. The van der Waals surface area contributed by atoms with E-state index >= 15 is 0 Å². The molecule has 0 spiro atoms. The van der Waals surface area contributed by atoms with Gasteiger partial charge in [-0.15, -0.1) is 16.4 Å². The zero-order valence-electron chi connectivity index (χ0n) is 11.1. The van der Waals surface area contributed by atoms with Gasteiger partial charge < -0.3 is 5.32 Å². The van der Waals surface area contributed by atoms with Crippen LogP contribution in [-0.4, -0.2) is 31.3 Å². The smallest absolute Gasteiger partial charge is 0.239 e. The van der Waals surface area contributed by atoms with E-state index in [0.717, 1.165) is 16.4 Å². The van der Waals surface area contributed by atoms with Crippen LogP contribution in [0.25, 0.3) is 0 Å². The number of aromatic nitrogens is 4. The lowest BCUT2D eigenvalue weighted by Crippen LogP contribution is -2.22. The summed E-state index contributed by atoms with van der Waals surface area (Å²) in [5, 5.41) is 10.5. The molecule has 0 aliphatic carbocycles. The average Bonchev–Trinajstić information content (AvgIpc) is 2.86. The number of H-pyrrole nitrogens is 1. The van der Waals surface area contributed by atoms with Gasteiger partial charge in [0, 0.05) is 4.88 Å². The molecule has 102 valence electrons. The van der Waals surface area contributed by atoms with Crippen molar-refractivity contribution in [1.29, 1.82) is 0 Å². The van der Waals surface area contributed by atoms with Crippen LogP contribution in [0.5, 0.6) is 0 Å². The van der Waals surface area contributed by atoms with Crippen molar-refractivity contribution < 1.29 is 4.79 Å². The lowest BCUT2D eigenvalue weighted by molar-refractivity contribution is -0.115. The van der Waals surface area contributed by atoms with Crippen molar-refractivity contribution in [2.24, 2.45) is 0 Å². The van der Waals surface area contributed by atoms with E-state index in [4.69, 9.17) is 0 Å². The van der Waals surface area contributed by atoms with Crippen LogP contribution in [0, 0.1) is 20.8 Å². The first-order chi connectivity index (χ1) is 8.95. The molecule has 0 unspecified atom stereocenters. The highest BCUT2D eigenvalue weighted by atomic mass is 32.2. The van der Waals surface area contributed by atoms with Crippen LogP contribution in [0.15, 0.2) is 5.16 Å². The molecule has 2 rings (SSSR count). The zero-order chi connectivity index (χ0) is 14.0. The molecule has 0 bridgehead atoms. The van der Waals surface area contributed by atoms with E-state index in [2.05, 4.69) is 25.5 Å². The van der Waals surface area contributed by atoms with Crippen LogP contribution in [0.1, 0.15) is 23.3 Å². The standard InChI is InChI=1S/C11H15N5OS2/c1-5-6(2)18-10(12-5)14-9(17)7(3)19-11-13-8(4)15-16-11/h7H,1-4H3,(H,12,14,17)(H,13,15,16)/t7-/m1/s1. The number of hydrogen-bond donors (Lipinski definition) is 2. The monoisotopic (exact) mass is 297 g/mol. The number of nitrogens with one attached hydrogen (secondary N) is 2. The van der Waals surface area contributed by atoms with Crippen LogP contribution in [-0.2, 0) is 4.79 Å². The Morgan fingerprint density at radius 2 is 2.11 bits per heavy atom. The number of aryl methyl sites for hydroxylation is 3. The Morgan fingerprint density at radius 1 is 1.37 bits per heavy atom. The highest BCUT2D eigenvalue weighted by molar-refractivity contribution is 8.00. The number of amides is 1. The van der Waals surface area contributed by atoms with Gasteiger partial charge in [-0.25, -0.2) is 9.97 Å².